The Morgan fingerprint density at radius 1 is 1.15 bits per heavy atom. The van der Waals surface area contributed by atoms with Crippen LogP contribution in [0.25, 0.3) is 0 Å². The van der Waals surface area contributed by atoms with Gasteiger partial charge in [0, 0.05) is 16.1 Å². The summed E-state index contributed by atoms with van der Waals surface area (Å²) in [5, 5.41) is 0. The quantitative estimate of drug-likeness (QED) is 0.765. The average Bonchev–Trinajstić information content (AvgIpc) is 2.37. The molecular weight excluding hydrogens is 330 g/mol. The number of carbonyl (C=O) groups is 1. The first kappa shape index (κ1) is 14.7. The smallest absolute Gasteiger partial charge is 0.162 e. The molecule has 0 saturated carbocycles. The average molecular weight is 341 g/mol. The second-order valence-corrected chi connectivity index (χ2v) is 5.14. The van der Waals surface area contributed by atoms with Gasteiger partial charge in [-0.05, 0) is 31.2 Å². The maximum atomic E-state index is 13.6. The maximum absolute atomic E-state index is 13.6. The van der Waals surface area contributed by atoms with Gasteiger partial charge in [-0.15, -0.1) is 0 Å². The molecule has 0 spiro atoms. The number of ether oxygens (including phenoxy) is 1. The molecule has 2 rings (SSSR count). The molecule has 0 bridgehead atoms. The molecule has 0 unspecified atom stereocenters. The summed E-state index contributed by atoms with van der Waals surface area (Å²) < 4.78 is 33.1. The van der Waals surface area contributed by atoms with E-state index in [9.17, 15) is 13.6 Å². The van der Waals surface area contributed by atoms with Gasteiger partial charge in [-0.2, -0.15) is 0 Å². The van der Waals surface area contributed by atoms with Gasteiger partial charge < -0.3 is 4.74 Å². The first-order chi connectivity index (χ1) is 9.47. The summed E-state index contributed by atoms with van der Waals surface area (Å²) in [6.07, 6.45) is 0. The van der Waals surface area contributed by atoms with E-state index in [1.54, 1.807) is 12.1 Å². The van der Waals surface area contributed by atoms with Gasteiger partial charge >= 0.3 is 0 Å². The molecule has 0 aliphatic carbocycles. The highest BCUT2D eigenvalue weighted by Gasteiger charge is 2.09. The van der Waals surface area contributed by atoms with Gasteiger partial charge in [0.2, 0.25) is 0 Å². The summed E-state index contributed by atoms with van der Waals surface area (Å²) in [6.45, 7) is 1.27. The second kappa shape index (κ2) is 6.13. The minimum absolute atomic E-state index is 0.00664. The first-order valence-electron chi connectivity index (χ1n) is 5.84. The van der Waals surface area contributed by atoms with Crippen LogP contribution in [0.15, 0.2) is 40.9 Å². The SMILES string of the molecule is CC(=O)c1ccc(OCc2ccc(Br)cc2F)cc1F. The molecule has 0 amide bonds. The molecule has 0 heterocycles. The number of hydrogen-bond acceptors (Lipinski definition) is 2. The van der Waals surface area contributed by atoms with Gasteiger partial charge in [-0.3, -0.25) is 4.79 Å². The molecule has 0 aliphatic heterocycles. The van der Waals surface area contributed by atoms with Gasteiger partial charge in [0.25, 0.3) is 0 Å². The summed E-state index contributed by atoms with van der Waals surface area (Å²) in [7, 11) is 0. The van der Waals surface area contributed by atoms with Gasteiger partial charge in [0.15, 0.2) is 5.78 Å². The Hall–Kier alpha value is -1.75. The Balaban J connectivity index is 2.11. The van der Waals surface area contributed by atoms with E-state index in [1.807, 2.05) is 0 Å². The number of halogens is 3. The summed E-state index contributed by atoms with van der Waals surface area (Å²) in [4.78, 5) is 11.1. The maximum Gasteiger partial charge on any atom is 0.162 e. The Morgan fingerprint density at radius 2 is 1.90 bits per heavy atom. The molecule has 2 aromatic rings. The molecule has 0 aromatic heterocycles. The van der Waals surface area contributed by atoms with Crippen LogP contribution in [-0.2, 0) is 6.61 Å². The van der Waals surface area contributed by atoms with Crippen molar-refractivity contribution < 1.29 is 18.3 Å². The number of hydrogen-bond donors (Lipinski definition) is 0. The number of carbonyl (C=O) groups excluding carboxylic acids is 1. The first-order valence-corrected chi connectivity index (χ1v) is 6.64. The fraction of sp³-hybridized carbons (Fsp3) is 0.133. The lowest BCUT2D eigenvalue weighted by Crippen LogP contribution is -2.01. The number of Topliss-reactive ketones (excluding diaryl/α,β-unsaturated/α-hetero) is 1. The lowest BCUT2D eigenvalue weighted by molar-refractivity contribution is 0.101. The van der Waals surface area contributed by atoms with Crippen molar-refractivity contribution in [2.24, 2.45) is 0 Å². The van der Waals surface area contributed by atoms with Crippen molar-refractivity contribution in [2.45, 2.75) is 13.5 Å². The zero-order valence-electron chi connectivity index (χ0n) is 10.6. The van der Waals surface area contributed by atoms with Crippen LogP contribution in [0.5, 0.6) is 5.75 Å². The van der Waals surface area contributed by atoms with Crippen LogP contribution in [0.2, 0.25) is 0 Å². The predicted molar refractivity (Wildman–Crippen MR) is 74.8 cm³/mol. The van der Waals surface area contributed by atoms with E-state index in [4.69, 9.17) is 4.74 Å². The van der Waals surface area contributed by atoms with Crippen molar-refractivity contribution >= 4 is 21.7 Å². The van der Waals surface area contributed by atoms with Crippen LogP contribution < -0.4 is 4.74 Å². The van der Waals surface area contributed by atoms with E-state index in [2.05, 4.69) is 15.9 Å². The van der Waals surface area contributed by atoms with E-state index in [0.717, 1.165) is 6.07 Å². The largest absolute Gasteiger partial charge is 0.489 e. The molecule has 0 saturated heterocycles. The van der Waals surface area contributed by atoms with Crippen molar-refractivity contribution in [1.82, 2.24) is 0 Å². The summed E-state index contributed by atoms with van der Waals surface area (Å²) in [5.74, 6) is -1.16. The number of ketones is 1. The highest BCUT2D eigenvalue weighted by Crippen LogP contribution is 2.20. The Morgan fingerprint density at radius 3 is 2.50 bits per heavy atom. The Bertz CT molecular complexity index is 656. The molecule has 20 heavy (non-hydrogen) atoms. The molecule has 0 N–H and O–H groups in total. The van der Waals surface area contributed by atoms with Gasteiger partial charge in [0.05, 0.1) is 5.56 Å². The lowest BCUT2D eigenvalue weighted by atomic mass is 10.1. The Kier molecular flexibility index (Phi) is 4.49. The molecule has 5 heteroatoms. The molecule has 104 valence electrons. The minimum Gasteiger partial charge on any atom is -0.489 e. The molecule has 0 aliphatic rings. The third kappa shape index (κ3) is 3.42. The van der Waals surface area contributed by atoms with E-state index in [-0.39, 0.29) is 23.7 Å². The van der Waals surface area contributed by atoms with Gasteiger partial charge in [-0.25, -0.2) is 8.78 Å². The van der Waals surface area contributed by atoms with E-state index in [1.165, 1.54) is 25.1 Å². The topological polar surface area (TPSA) is 26.3 Å². The fourth-order valence-electron chi connectivity index (χ4n) is 1.67. The highest BCUT2D eigenvalue weighted by molar-refractivity contribution is 9.10. The van der Waals surface area contributed by atoms with E-state index in [0.29, 0.717) is 10.0 Å². The van der Waals surface area contributed by atoms with Crippen LogP contribution in [0.4, 0.5) is 8.78 Å². The predicted octanol–water partition coefficient (Wildman–Crippen LogP) is 4.51. The number of rotatable bonds is 4. The third-order valence-corrected chi connectivity index (χ3v) is 3.22. The van der Waals surface area contributed by atoms with Crippen LogP contribution in [0, 0.1) is 11.6 Å². The molecule has 0 atom stereocenters. The van der Waals surface area contributed by atoms with Crippen LogP contribution >= 0.6 is 15.9 Å². The molecule has 0 fully saturated rings. The minimum atomic E-state index is -0.647. The highest BCUT2D eigenvalue weighted by atomic mass is 79.9. The van der Waals surface area contributed by atoms with Crippen LogP contribution in [0.3, 0.4) is 0 Å². The Labute approximate surface area is 123 Å². The lowest BCUT2D eigenvalue weighted by Gasteiger charge is -2.08. The molecule has 2 nitrogen and oxygen atoms in total. The zero-order chi connectivity index (χ0) is 14.7. The molecular formula is C15H11BrF2O2. The van der Waals surface area contributed by atoms with E-state index >= 15 is 0 Å². The van der Waals surface area contributed by atoms with Crippen molar-refractivity contribution in [3.63, 3.8) is 0 Å². The van der Waals surface area contributed by atoms with Crippen LogP contribution in [0.1, 0.15) is 22.8 Å². The fourth-order valence-corrected chi connectivity index (χ4v) is 2.00. The van der Waals surface area contributed by atoms with Crippen molar-refractivity contribution in [2.75, 3.05) is 0 Å². The standard InChI is InChI=1S/C15H11BrF2O2/c1-9(19)13-5-4-12(7-15(13)18)20-8-10-2-3-11(16)6-14(10)17/h2-7H,8H2,1H3. The summed E-state index contributed by atoms with van der Waals surface area (Å²) >= 11 is 3.16. The normalized spacial score (nSPS) is 10.4. The van der Waals surface area contributed by atoms with Crippen molar-refractivity contribution in [1.29, 1.82) is 0 Å². The summed E-state index contributed by atoms with van der Waals surface area (Å²) in [5.41, 5.74) is 0.372. The van der Waals surface area contributed by atoms with Crippen molar-refractivity contribution in [3.8, 4) is 5.75 Å². The second-order valence-electron chi connectivity index (χ2n) is 4.22. The van der Waals surface area contributed by atoms with Crippen molar-refractivity contribution in [3.05, 3.63) is 63.6 Å². The van der Waals surface area contributed by atoms with E-state index < -0.39 is 11.6 Å². The molecule has 2 aromatic carbocycles. The van der Waals surface area contributed by atoms with Crippen LogP contribution in [-0.4, -0.2) is 5.78 Å². The third-order valence-electron chi connectivity index (χ3n) is 2.73. The van der Waals surface area contributed by atoms with Gasteiger partial charge in [0.1, 0.15) is 24.0 Å². The van der Waals surface area contributed by atoms with Gasteiger partial charge in [-0.1, -0.05) is 22.0 Å². The monoisotopic (exact) mass is 340 g/mol. The molecule has 0 radical (unpaired) electrons. The summed E-state index contributed by atoms with van der Waals surface area (Å²) in [6, 6.07) is 8.56. The number of benzene rings is 2. The zero-order valence-corrected chi connectivity index (χ0v) is 12.2.